The number of imidazole rings is 1. The molecule has 4 heteroatoms. The second kappa shape index (κ2) is 4.07. The Morgan fingerprint density at radius 1 is 1.11 bits per heavy atom. The maximum atomic E-state index is 5.75. The monoisotopic (exact) mass is 239 g/mol. The summed E-state index contributed by atoms with van der Waals surface area (Å²) in [5.41, 5.74) is 8.34. The fourth-order valence-electron chi connectivity index (χ4n) is 1.90. The number of nitrogens with zero attached hydrogens (tertiary/aromatic N) is 2. The molecule has 0 saturated carbocycles. The molecular formula is C14H13N3O. The van der Waals surface area contributed by atoms with Crippen LogP contribution in [0.15, 0.2) is 48.5 Å². The molecule has 0 radical (unpaired) electrons. The van der Waals surface area contributed by atoms with Gasteiger partial charge in [-0.15, -0.1) is 0 Å². The van der Waals surface area contributed by atoms with Crippen LogP contribution in [0.2, 0.25) is 0 Å². The van der Waals surface area contributed by atoms with E-state index in [-0.39, 0.29) is 0 Å². The summed E-state index contributed by atoms with van der Waals surface area (Å²) in [7, 11) is 1.93. The minimum Gasteiger partial charge on any atom is -0.425 e. The number of nitrogen functional groups attached to an aromatic ring is 1. The van der Waals surface area contributed by atoms with E-state index in [1.165, 1.54) is 0 Å². The third-order valence-corrected chi connectivity index (χ3v) is 2.81. The van der Waals surface area contributed by atoms with Crippen LogP contribution in [-0.4, -0.2) is 9.55 Å². The van der Waals surface area contributed by atoms with E-state index in [9.17, 15) is 0 Å². The van der Waals surface area contributed by atoms with Gasteiger partial charge in [-0.1, -0.05) is 18.2 Å². The first kappa shape index (κ1) is 10.7. The lowest BCUT2D eigenvalue weighted by Crippen LogP contribution is -1.94. The highest BCUT2D eigenvalue weighted by Crippen LogP contribution is 2.25. The van der Waals surface area contributed by atoms with Crippen LogP contribution in [-0.2, 0) is 7.05 Å². The lowest BCUT2D eigenvalue weighted by Gasteiger charge is -2.05. The number of benzene rings is 2. The van der Waals surface area contributed by atoms with Crippen molar-refractivity contribution in [2.24, 2.45) is 7.05 Å². The first-order valence-corrected chi connectivity index (χ1v) is 5.69. The van der Waals surface area contributed by atoms with Crippen LogP contribution in [0.5, 0.6) is 11.8 Å². The van der Waals surface area contributed by atoms with Gasteiger partial charge >= 0.3 is 6.01 Å². The fourth-order valence-corrected chi connectivity index (χ4v) is 1.90. The molecule has 0 amide bonds. The van der Waals surface area contributed by atoms with Gasteiger partial charge in [0.25, 0.3) is 0 Å². The quantitative estimate of drug-likeness (QED) is 0.699. The predicted molar refractivity (Wildman–Crippen MR) is 71.6 cm³/mol. The Bertz CT molecular complexity index is 703. The van der Waals surface area contributed by atoms with Gasteiger partial charge < -0.3 is 10.5 Å². The number of fused-ring (bicyclic) bond motifs is 1. The summed E-state index contributed by atoms with van der Waals surface area (Å²) in [5, 5.41) is 0. The van der Waals surface area contributed by atoms with Crippen molar-refractivity contribution in [3.63, 3.8) is 0 Å². The van der Waals surface area contributed by atoms with Crippen LogP contribution in [0.1, 0.15) is 0 Å². The molecule has 0 unspecified atom stereocenters. The molecule has 0 bridgehead atoms. The van der Waals surface area contributed by atoms with E-state index in [2.05, 4.69) is 4.98 Å². The molecule has 0 saturated heterocycles. The Morgan fingerprint density at radius 3 is 2.72 bits per heavy atom. The van der Waals surface area contributed by atoms with Gasteiger partial charge in [0.2, 0.25) is 0 Å². The summed E-state index contributed by atoms with van der Waals surface area (Å²) in [6, 6.07) is 15.8. The minimum absolute atomic E-state index is 0.557. The van der Waals surface area contributed by atoms with Crippen LogP contribution in [0, 0.1) is 0 Å². The van der Waals surface area contributed by atoms with Crippen molar-refractivity contribution < 1.29 is 4.74 Å². The van der Waals surface area contributed by atoms with Crippen LogP contribution in [0.3, 0.4) is 0 Å². The third kappa shape index (κ3) is 1.78. The van der Waals surface area contributed by atoms with Gasteiger partial charge in [-0.05, 0) is 24.3 Å². The number of aromatic nitrogens is 2. The third-order valence-electron chi connectivity index (χ3n) is 2.81. The minimum atomic E-state index is 0.557. The van der Waals surface area contributed by atoms with E-state index in [0.29, 0.717) is 17.4 Å². The van der Waals surface area contributed by atoms with Gasteiger partial charge in [0.15, 0.2) is 0 Å². The Labute approximate surface area is 105 Å². The highest BCUT2D eigenvalue weighted by atomic mass is 16.5. The van der Waals surface area contributed by atoms with Crippen LogP contribution >= 0.6 is 0 Å². The summed E-state index contributed by atoms with van der Waals surface area (Å²) in [6.07, 6.45) is 0. The molecule has 0 atom stereocenters. The molecule has 90 valence electrons. The topological polar surface area (TPSA) is 53.1 Å². The molecule has 0 aliphatic heterocycles. The van der Waals surface area contributed by atoms with Crippen LogP contribution in [0.25, 0.3) is 11.0 Å². The van der Waals surface area contributed by atoms with Crippen molar-refractivity contribution >= 4 is 16.7 Å². The van der Waals surface area contributed by atoms with Gasteiger partial charge in [0.05, 0.1) is 11.0 Å². The summed E-state index contributed by atoms with van der Waals surface area (Å²) in [4.78, 5) is 4.44. The van der Waals surface area contributed by atoms with Gasteiger partial charge in [0.1, 0.15) is 5.75 Å². The summed E-state index contributed by atoms with van der Waals surface area (Å²) >= 11 is 0. The maximum absolute atomic E-state index is 5.75. The number of hydrogen-bond acceptors (Lipinski definition) is 3. The van der Waals surface area contributed by atoms with Crippen molar-refractivity contribution in [3.8, 4) is 11.8 Å². The van der Waals surface area contributed by atoms with E-state index in [0.717, 1.165) is 11.0 Å². The molecule has 0 spiro atoms. The number of ether oxygens (including phenoxy) is 1. The molecule has 2 aromatic carbocycles. The molecule has 0 aliphatic carbocycles. The molecule has 1 aromatic heterocycles. The second-order valence-corrected chi connectivity index (χ2v) is 4.12. The smallest absolute Gasteiger partial charge is 0.302 e. The number of hydrogen-bond donors (Lipinski definition) is 1. The summed E-state index contributed by atoms with van der Waals surface area (Å²) < 4.78 is 7.66. The molecule has 3 rings (SSSR count). The summed E-state index contributed by atoms with van der Waals surface area (Å²) in [5.74, 6) is 0.688. The summed E-state index contributed by atoms with van der Waals surface area (Å²) in [6.45, 7) is 0. The van der Waals surface area contributed by atoms with Gasteiger partial charge in [0, 0.05) is 18.8 Å². The molecule has 1 heterocycles. The molecule has 0 aliphatic rings. The SMILES string of the molecule is Cn1c(Oc2cccc(N)c2)nc2ccccc21. The highest BCUT2D eigenvalue weighted by Gasteiger charge is 2.08. The molecule has 18 heavy (non-hydrogen) atoms. The first-order chi connectivity index (χ1) is 8.74. The van der Waals surface area contributed by atoms with Crippen molar-refractivity contribution in [2.75, 3.05) is 5.73 Å². The number of para-hydroxylation sites is 2. The van der Waals surface area contributed by atoms with Crippen molar-refractivity contribution in [1.29, 1.82) is 0 Å². The van der Waals surface area contributed by atoms with E-state index >= 15 is 0 Å². The number of anilines is 1. The largest absolute Gasteiger partial charge is 0.425 e. The highest BCUT2D eigenvalue weighted by molar-refractivity contribution is 5.76. The molecular weight excluding hydrogens is 226 g/mol. The van der Waals surface area contributed by atoms with Crippen molar-refractivity contribution in [2.45, 2.75) is 0 Å². The Kier molecular flexibility index (Phi) is 2.41. The van der Waals surface area contributed by atoms with Crippen LogP contribution < -0.4 is 10.5 Å². The zero-order valence-electron chi connectivity index (χ0n) is 10.00. The predicted octanol–water partition coefficient (Wildman–Crippen LogP) is 2.95. The molecule has 2 N–H and O–H groups in total. The zero-order valence-corrected chi connectivity index (χ0v) is 10.00. The zero-order chi connectivity index (χ0) is 12.5. The molecule has 4 nitrogen and oxygen atoms in total. The average Bonchev–Trinajstić information content (AvgIpc) is 2.67. The van der Waals surface area contributed by atoms with E-state index in [1.807, 2.05) is 54.1 Å². The maximum Gasteiger partial charge on any atom is 0.302 e. The van der Waals surface area contributed by atoms with E-state index < -0.39 is 0 Å². The van der Waals surface area contributed by atoms with Crippen molar-refractivity contribution in [3.05, 3.63) is 48.5 Å². The number of rotatable bonds is 2. The Balaban J connectivity index is 2.02. The molecule has 3 aromatic rings. The van der Waals surface area contributed by atoms with Crippen molar-refractivity contribution in [1.82, 2.24) is 9.55 Å². The second-order valence-electron chi connectivity index (χ2n) is 4.12. The number of aryl methyl sites for hydroxylation is 1. The number of nitrogens with two attached hydrogens (primary N) is 1. The normalized spacial score (nSPS) is 10.7. The average molecular weight is 239 g/mol. The van der Waals surface area contributed by atoms with Gasteiger partial charge in [-0.3, -0.25) is 4.57 Å². The standard InChI is InChI=1S/C14H13N3O/c1-17-13-8-3-2-7-12(13)16-14(17)18-11-6-4-5-10(15)9-11/h2-9H,15H2,1H3. The van der Waals surface area contributed by atoms with E-state index in [4.69, 9.17) is 10.5 Å². The Hall–Kier alpha value is -2.49. The van der Waals surface area contributed by atoms with Gasteiger partial charge in [-0.25, -0.2) is 0 Å². The first-order valence-electron chi connectivity index (χ1n) is 5.69. The lowest BCUT2D eigenvalue weighted by atomic mass is 10.3. The lowest BCUT2D eigenvalue weighted by molar-refractivity contribution is 0.428. The Morgan fingerprint density at radius 2 is 1.94 bits per heavy atom. The fraction of sp³-hybridized carbons (Fsp3) is 0.0714. The van der Waals surface area contributed by atoms with Gasteiger partial charge in [-0.2, -0.15) is 4.98 Å². The molecule has 0 fully saturated rings. The van der Waals surface area contributed by atoms with E-state index in [1.54, 1.807) is 6.07 Å². The van der Waals surface area contributed by atoms with Crippen LogP contribution in [0.4, 0.5) is 5.69 Å².